The van der Waals surface area contributed by atoms with Gasteiger partial charge in [-0.3, -0.25) is 4.99 Å². The highest BCUT2D eigenvalue weighted by molar-refractivity contribution is 6.30. The number of benzene rings is 1. The lowest BCUT2D eigenvalue weighted by Crippen LogP contribution is -2.50. The van der Waals surface area contributed by atoms with Crippen molar-refractivity contribution in [3.8, 4) is 0 Å². The van der Waals surface area contributed by atoms with Crippen LogP contribution in [0.3, 0.4) is 0 Å². The van der Waals surface area contributed by atoms with Gasteiger partial charge < -0.3 is 20.3 Å². The average molecular weight is 367 g/mol. The van der Waals surface area contributed by atoms with Crippen molar-refractivity contribution < 1.29 is 9.53 Å². The molecular formula is C18H27ClN4O2. The average Bonchev–Trinajstić information content (AvgIpc) is 2.61. The van der Waals surface area contributed by atoms with Gasteiger partial charge in [0.15, 0.2) is 5.96 Å². The molecule has 1 aliphatic heterocycles. The van der Waals surface area contributed by atoms with Crippen LogP contribution in [0.25, 0.3) is 0 Å². The lowest BCUT2D eigenvalue weighted by molar-refractivity contribution is 0.0963. The van der Waals surface area contributed by atoms with E-state index in [-0.39, 0.29) is 6.09 Å². The molecule has 0 spiro atoms. The van der Waals surface area contributed by atoms with Crippen LogP contribution in [-0.4, -0.2) is 56.3 Å². The quantitative estimate of drug-likeness (QED) is 0.621. The Hall–Kier alpha value is -1.95. The molecule has 1 fully saturated rings. The van der Waals surface area contributed by atoms with Gasteiger partial charge >= 0.3 is 6.09 Å². The molecule has 1 aromatic rings. The predicted molar refractivity (Wildman–Crippen MR) is 101 cm³/mol. The number of ether oxygens (including phenoxy) is 1. The molecule has 1 heterocycles. The van der Waals surface area contributed by atoms with Crippen LogP contribution in [0, 0.1) is 0 Å². The minimum absolute atomic E-state index is 0.218. The second-order valence-electron chi connectivity index (χ2n) is 5.98. The second-order valence-corrected chi connectivity index (χ2v) is 6.42. The highest BCUT2D eigenvalue weighted by Crippen LogP contribution is 2.12. The van der Waals surface area contributed by atoms with Crippen LogP contribution in [-0.2, 0) is 11.2 Å². The Kier molecular flexibility index (Phi) is 7.85. The number of piperidine rings is 1. The van der Waals surface area contributed by atoms with E-state index in [0.29, 0.717) is 25.7 Å². The summed E-state index contributed by atoms with van der Waals surface area (Å²) in [5.74, 6) is 0.789. The van der Waals surface area contributed by atoms with Gasteiger partial charge in [-0.25, -0.2) is 4.79 Å². The minimum Gasteiger partial charge on any atom is -0.450 e. The van der Waals surface area contributed by atoms with Crippen molar-refractivity contribution >= 4 is 23.7 Å². The summed E-state index contributed by atoms with van der Waals surface area (Å²) >= 11 is 6.00. The van der Waals surface area contributed by atoms with Gasteiger partial charge in [-0.2, -0.15) is 0 Å². The molecule has 6 nitrogen and oxygen atoms in total. The molecular weight excluding hydrogens is 340 g/mol. The van der Waals surface area contributed by atoms with Crippen LogP contribution in [0.2, 0.25) is 5.02 Å². The van der Waals surface area contributed by atoms with Crippen LogP contribution in [0.1, 0.15) is 25.3 Å². The molecule has 0 saturated carbocycles. The second kappa shape index (κ2) is 10.1. The summed E-state index contributed by atoms with van der Waals surface area (Å²) in [6.45, 7) is 4.43. The number of aliphatic imine (C=N–C) groups is 1. The van der Waals surface area contributed by atoms with Crippen molar-refractivity contribution in [2.24, 2.45) is 4.99 Å². The molecule has 0 atom stereocenters. The van der Waals surface area contributed by atoms with Crippen molar-refractivity contribution in [1.29, 1.82) is 0 Å². The third kappa shape index (κ3) is 6.46. The first-order valence-electron chi connectivity index (χ1n) is 8.75. The predicted octanol–water partition coefficient (Wildman–Crippen LogP) is 2.67. The number of nitrogens with one attached hydrogen (secondary N) is 2. The molecule has 7 heteroatoms. The van der Waals surface area contributed by atoms with Crippen molar-refractivity contribution in [3.05, 3.63) is 34.9 Å². The highest BCUT2D eigenvalue weighted by Gasteiger charge is 2.23. The Morgan fingerprint density at radius 2 is 2.16 bits per heavy atom. The van der Waals surface area contributed by atoms with E-state index >= 15 is 0 Å². The van der Waals surface area contributed by atoms with Crippen LogP contribution >= 0.6 is 11.6 Å². The number of halogens is 1. The van der Waals surface area contributed by atoms with Crippen LogP contribution < -0.4 is 10.6 Å². The van der Waals surface area contributed by atoms with E-state index in [9.17, 15) is 4.79 Å². The van der Waals surface area contributed by atoms with E-state index in [0.717, 1.165) is 36.8 Å². The SMILES string of the molecule is CCOC(=O)N1CCC(NC(=NC)NCCc2cccc(Cl)c2)CC1. The Balaban J connectivity index is 1.71. The van der Waals surface area contributed by atoms with Crippen LogP contribution in [0.15, 0.2) is 29.3 Å². The van der Waals surface area contributed by atoms with Crippen molar-refractivity contribution in [3.63, 3.8) is 0 Å². The maximum absolute atomic E-state index is 11.7. The van der Waals surface area contributed by atoms with Gasteiger partial charge in [-0.15, -0.1) is 0 Å². The van der Waals surface area contributed by atoms with Gasteiger partial charge in [-0.05, 0) is 43.9 Å². The first kappa shape index (κ1) is 19.4. The number of nitrogens with zero attached hydrogens (tertiary/aromatic N) is 2. The fourth-order valence-corrected chi connectivity index (χ4v) is 3.04. The first-order valence-corrected chi connectivity index (χ1v) is 9.13. The number of carbonyl (C=O) groups is 1. The molecule has 1 amide bonds. The van der Waals surface area contributed by atoms with Gasteiger partial charge in [0.05, 0.1) is 6.61 Å². The van der Waals surface area contributed by atoms with E-state index in [2.05, 4.69) is 21.7 Å². The molecule has 1 aliphatic rings. The first-order chi connectivity index (χ1) is 12.1. The monoisotopic (exact) mass is 366 g/mol. The number of likely N-dealkylation sites (tertiary alicyclic amines) is 1. The Morgan fingerprint density at radius 1 is 1.40 bits per heavy atom. The van der Waals surface area contributed by atoms with E-state index < -0.39 is 0 Å². The molecule has 2 rings (SSSR count). The Bertz CT molecular complexity index is 586. The number of guanidine groups is 1. The Morgan fingerprint density at radius 3 is 2.80 bits per heavy atom. The summed E-state index contributed by atoms with van der Waals surface area (Å²) in [4.78, 5) is 17.8. The van der Waals surface area contributed by atoms with Crippen molar-refractivity contribution in [2.75, 3.05) is 33.3 Å². The molecule has 2 N–H and O–H groups in total. The van der Waals surface area contributed by atoms with E-state index in [4.69, 9.17) is 16.3 Å². The molecule has 0 aliphatic carbocycles. The third-order valence-electron chi connectivity index (χ3n) is 4.18. The lowest BCUT2D eigenvalue weighted by Gasteiger charge is -2.32. The van der Waals surface area contributed by atoms with Gasteiger partial charge in [0.1, 0.15) is 0 Å². The number of carbonyl (C=O) groups excluding carboxylic acids is 1. The van der Waals surface area contributed by atoms with Crippen LogP contribution in [0.4, 0.5) is 4.79 Å². The fourth-order valence-electron chi connectivity index (χ4n) is 2.83. The van der Waals surface area contributed by atoms with Crippen molar-refractivity contribution in [1.82, 2.24) is 15.5 Å². The topological polar surface area (TPSA) is 66.0 Å². The summed E-state index contributed by atoms with van der Waals surface area (Å²) in [5, 5.41) is 7.52. The van der Waals surface area contributed by atoms with E-state index in [1.807, 2.05) is 25.1 Å². The summed E-state index contributed by atoms with van der Waals surface area (Å²) in [5.41, 5.74) is 1.19. The van der Waals surface area contributed by atoms with E-state index in [1.165, 1.54) is 5.56 Å². The van der Waals surface area contributed by atoms with Gasteiger partial charge in [0.25, 0.3) is 0 Å². The minimum atomic E-state index is -0.218. The number of rotatable bonds is 5. The van der Waals surface area contributed by atoms with Gasteiger partial charge in [0, 0.05) is 37.7 Å². The zero-order chi connectivity index (χ0) is 18.1. The molecule has 1 aromatic carbocycles. The number of amides is 1. The number of hydrogen-bond donors (Lipinski definition) is 2. The van der Waals surface area contributed by atoms with Gasteiger partial charge in [0.2, 0.25) is 0 Å². The summed E-state index contributed by atoms with van der Waals surface area (Å²) < 4.78 is 5.04. The molecule has 0 bridgehead atoms. The largest absolute Gasteiger partial charge is 0.450 e. The van der Waals surface area contributed by atoms with Gasteiger partial charge in [-0.1, -0.05) is 23.7 Å². The molecule has 0 aromatic heterocycles. The fraction of sp³-hybridized carbons (Fsp3) is 0.556. The number of hydrogen-bond acceptors (Lipinski definition) is 3. The van der Waals surface area contributed by atoms with E-state index in [1.54, 1.807) is 11.9 Å². The van der Waals surface area contributed by atoms with Crippen LogP contribution in [0.5, 0.6) is 0 Å². The zero-order valence-corrected chi connectivity index (χ0v) is 15.7. The molecule has 25 heavy (non-hydrogen) atoms. The smallest absolute Gasteiger partial charge is 0.409 e. The van der Waals surface area contributed by atoms with Crippen molar-refractivity contribution in [2.45, 2.75) is 32.2 Å². The zero-order valence-electron chi connectivity index (χ0n) is 14.9. The normalized spacial score (nSPS) is 15.8. The molecule has 0 unspecified atom stereocenters. The standard InChI is InChI=1S/C18H27ClN4O2/c1-3-25-18(24)23-11-8-16(9-12-23)22-17(20-2)21-10-7-14-5-4-6-15(19)13-14/h4-6,13,16H,3,7-12H2,1-2H3,(H2,20,21,22). The maximum atomic E-state index is 11.7. The summed E-state index contributed by atoms with van der Waals surface area (Å²) in [7, 11) is 1.77. The highest BCUT2D eigenvalue weighted by atomic mass is 35.5. The lowest BCUT2D eigenvalue weighted by atomic mass is 10.1. The maximum Gasteiger partial charge on any atom is 0.409 e. The Labute approximate surface area is 154 Å². The molecule has 0 radical (unpaired) electrons. The molecule has 1 saturated heterocycles. The third-order valence-corrected chi connectivity index (χ3v) is 4.42. The summed E-state index contributed by atoms with van der Waals surface area (Å²) in [6.07, 6.45) is 2.43. The molecule has 138 valence electrons. The summed E-state index contributed by atoms with van der Waals surface area (Å²) in [6, 6.07) is 8.19.